The minimum atomic E-state index is 0.0124. The van der Waals surface area contributed by atoms with Crippen LogP contribution in [0.5, 0.6) is 11.5 Å². The van der Waals surface area contributed by atoms with Gasteiger partial charge in [-0.1, -0.05) is 32.4 Å². The molecule has 1 aromatic rings. The third-order valence-corrected chi connectivity index (χ3v) is 7.49. The van der Waals surface area contributed by atoms with Crippen LogP contribution in [-0.4, -0.2) is 39.9 Å². The number of ether oxygens (including phenoxy) is 4. The summed E-state index contributed by atoms with van der Waals surface area (Å²) in [5.74, 6) is 2.10. The van der Waals surface area contributed by atoms with E-state index in [0.717, 1.165) is 36.7 Å². The van der Waals surface area contributed by atoms with Crippen LogP contribution in [0.15, 0.2) is 17.7 Å². The molecular formula is C27H40O6. The molecular weight excluding hydrogens is 420 g/mol. The number of aldehydes is 1. The zero-order chi connectivity index (χ0) is 24.6. The lowest BCUT2D eigenvalue weighted by Crippen LogP contribution is -2.41. The molecule has 6 heteroatoms. The molecule has 1 saturated carbocycles. The average Bonchev–Trinajstić information content (AvgIpc) is 2.80. The zero-order valence-corrected chi connectivity index (χ0v) is 21.3. The van der Waals surface area contributed by atoms with Gasteiger partial charge in [0.05, 0.1) is 5.56 Å². The predicted molar refractivity (Wildman–Crippen MR) is 129 cm³/mol. The maximum Gasteiger partial charge on any atom is 0.188 e. The second-order valence-electron chi connectivity index (χ2n) is 9.52. The number of allylic oxidation sites excluding steroid dienone is 2. The van der Waals surface area contributed by atoms with Crippen molar-refractivity contribution in [3.8, 4) is 11.5 Å². The van der Waals surface area contributed by atoms with Gasteiger partial charge in [0.25, 0.3) is 0 Å². The van der Waals surface area contributed by atoms with Crippen molar-refractivity contribution < 1.29 is 28.5 Å². The Morgan fingerprint density at radius 3 is 2.48 bits per heavy atom. The summed E-state index contributed by atoms with van der Waals surface area (Å²) in [5.41, 5.74) is 3.30. The van der Waals surface area contributed by atoms with Crippen molar-refractivity contribution in [1.82, 2.24) is 0 Å². The molecule has 2 rings (SSSR count). The number of hydrogen-bond acceptors (Lipinski definition) is 6. The molecule has 33 heavy (non-hydrogen) atoms. The highest BCUT2D eigenvalue weighted by molar-refractivity contribution is 5.84. The minimum Gasteiger partial charge on any atom is -0.467 e. The lowest BCUT2D eigenvalue weighted by molar-refractivity contribution is -0.132. The number of rotatable bonds is 12. The molecule has 6 nitrogen and oxygen atoms in total. The molecule has 0 heterocycles. The van der Waals surface area contributed by atoms with Gasteiger partial charge >= 0.3 is 0 Å². The first-order valence-electron chi connectivity index (χ1n) is 11.7. The molecule has 1 aromatic carbocycles. The lowest BCUT2D eigenvalue weighted by atomic mass is 9.59. The Morgan fingerprint density at radius 1 is 1.18 bits per heavy atom. The van der Waals surface area contributed by atoms with E-state index in [1.807, 2.05) is 13.0 Å². The van der Waals surface area contributed by atoms with Crippen LogP contribution in [0, 0.1) is 24.2 Å². The number of methoxy groups -OCH3 is 2. The van der Waals surface area contributed by atoms with Crippen molar-refractivity contribution in [3.05, 3.63) is 34.4 Å². The van der Waals surface area contributed by atoms with Crippen LogP contribution in [0.4, 0.5) is 0 Å². The molecule has 0 spiro atoms. The van der Waals surface area contributed by atoms with E-state index < -0.39 is 0 Å². The maximum absolute atomic E-state index is 12.4. The van der Waals surface area contributed by atoms with Crippen LogP contribution < -0.4 is 9.47 Å². The Bertz CT molecular complexity index is 859. The van der Waals surface area contributed by atoms with Crippen LogP contribution >= 0.6 is 0 Å². The van der Waals surface area contributed by atoms with E-state index in [0.29, 0.717) is 41.6 Å². The van der Waals surface area contributed by atoms with E-state index in [1.165, 1.54) is 5.57 Å². The summed E-state index contributed by atoms with van der Waals surface area (Å²) in [7, 11) is 3.11. The molecule has 0 aromatic heterocycles. The standard InChI is InChI=1S/C27H40O6/c1-18(12-13-27(5)20(3)9-11-24(29)21(27)4)8-10-22-25(32-16-30-6)14-19(2)23(15-28)26(22)33-17-31-7/h8,14-15,20-21H,9-13,16-17H2,1-7H3/b18-8+/t20-,21+,27+/m1/s1. The number of aryl methyl sites for hydroxylation is 1. The first-order chi connectivity index (χ1) is 15.7. The fourth-order valence-electron chi connectivity index (χ4n) is 4.70. The Kier molecular flexibility index (Phi) is 10.1. The van der Waals surface area contributed by atoms with E-state index in [4.69, 9.17) is 18.9 Å². The van der Waals surface area contributed by atoms with Crippen molar-refractivity contribution >= 4 is 12.1 Å². The molecule has 0 bridgehead atoms. The molecule has 3 atom stereocenters. The van der Waals surface area contributed by atoms with Gasteiger partial charge in [-0.15, -0.1) is 0 Å². The van der Waals surface area contributed by atoms with Crippen LogP contribution in [0.2, 0.25) is 0 Å². The molecule has 0 amide bonds. The van der Waals surface area contributed by atoms with Gasteiger partial charge in [0.2, 0.25) is 0 Å². The van der Waals surface area contributed by atoms with E-state index in [9.17, 15) is 9.59 Å². The topological polar surface area (TPSA) is 71.1 Å². The molecule has 0 saturated heterocycles. The van der Waals surface area contributed by atoms with Gasteiger partial charge in [0.15, 0.2) is 19.9 Å². The Hall–Kier alpha value is -2.18. The van der Waals surface area contributed by atoms with Crippen LogP contribution in [0.3, 0.4) is 0 Å². The fraction of sp³-hybridized carbons (Fsp3) is 0.630. The van der Waals surface area contributed by atoms with Gasteiger partial charge < -0.3 is 18.9 Å². The predicted octanol–water partition coefficient (Wildman–Crippen LogP) is 5.68. The molecule has 1 fully saturated rings. The van der Waals surface area contributed by atoms with E-state index in [-0.39, 0.29) is 24.9 Å². The number of Topliss-reactive ketones (excluding diaryl/α,β-unsaturated/α-hetero) is 1. The summed E-state index contributed by atoms with van der Waals surface area (Å²) >= 11 is 0. The Balaban J connectivity index is 2.28. The number of ketones is 1. The molecule has 0 N–H and O–H groups in total. The van der Waals surface area contributed by atoms with Gasteiger partial charge in [-0.05, 0) is 62.5 Å². The lowest BCUT2D eigenvalue weighted by Gasteiger charge is -2.44. The van der Waals surface area contributed by atoms with Gasteiger partial charge in [-0.3, -0.25) is 9.59 Å². The van der Waals surface area contributed by atoms with Gasteiger partial charge in [0, 0.05) is 32.1 Å². The smallest absolute Gasteiger partial charge is 0.188 e. The van der Waals surface area contributed by atoms with Crippen molar-refractivity contribution in [2.24, 2.45) is 17.3 Å². The largest absolute Gasteiger partial charge is 0.467 e. The third-order valence-electron chi connectivity index (χ3n) is 7.49. The molecule has 1 aliphatic rings. The van der Waals surface area contributed by atoms with E-state index in [1.54, 1.807) is 14.2 Å². The summed E-state index contributed by atoms with van der Waals surface area (Å²) in [6.07, 6.45) is 7.07. The van der Waals surface area contributed by atoms with Crippen molar-refractivity contribution in [1.29, 1.82) is 0 Å². The second-order valence-corrected chi connectivity index (χ2v) is 9.52. The summed E-state index contributed by atoms with van der Waals surface area (Å²) in [6.45, 7) is 10.7. The first kappa shape index (κ1) is 27.1. The fourth-order valence-corrected chi connectivity index (χ4v) is 4.70. The Labute approximate surface area is 198 Å². The van der Waals surface area contributed by atoms with Gasteiger partial charge in [-0.2, -0.15) is 0 Å². The summed E-state index contributed by atoms with van der Waals surface area (Å²) in [5, 5.41) is 0. The normalized spacial score (nSPS) is 23.5. The molecule has 0 aliphatic heterocycles. The first-order valence-corrected chi connectivity index (χ1v) is 11.7. The van der Waals surface area contributed by atoms with Crippen LogP contribution in [0.25, 0.3) is 0 Å². The molecule has 184 valence electrons. The highest BCUT2D eigenvalue weighted by atomic mass is 16.7. The average molecular weight is 461 g/mol. The number of hydrogen-bond donors (Lipinski definition) is 0. The van der Waals surface area contributed by atoms with Crippen molar-refractivity contribution in [3.63, 3.8) is 0 Å². The molecule has 0 radical (unpaired) electrons. The van der Waals surface area contributed by atoms with Crippen molar-refractivity contribution in [2.45, 2.75) is 66.7 Å². The molecule has 1 aliphatic carbocycles. The van der Waals surface area contributed by atoms with Crippen molar-refractivity contribution in [2.75, 3.05) is 27.8 Å². The van der Waals surface area contributed by atoms with Crippen LogP contribution in [-0.2, 0) is 20.7 Å². The van der Waals surface area contributed by atoms with E-state index in [2.05, 4.69) is 33.8 Å². The monoisotopic (exact) mass is 460 g/mol. The number of benzene rings is 1. The van der Waals surface area contributed by atoms with Gasteiger partial charge in [0.1, 0.15) is 17.3 Å². The van der Waals surface area contributed by atoms with Gasteiger partial charge in [-0.25, -0.2) is 0 Å². The SMILES string of the molecule is COCOc1cc(C)c(C=O)c(OCOC)c1C/C=C(\C)CC[C@@]1(C)[C@H](C)CCC(=O)[C@@H]1C. The minimum absolute atomic E-state index is 0.0124. The molecule has 0 unspecified atom stereocenters. The summed E-state index contributed by atoms with van der Waals surface area (Å²) < 4.78 is 21.8. The van der Waals surface area contributed by atoms with Crippen LogP contribution in [0.1, 0.15) is 74.9 Å². The quantitative estimate of drug-likeness (QED) is 0.227. The summed E-state index contributed by atoms with van der Waals surface area (Å²) in [6, 6.07) is 1.85. The maximum atomic E-state index is 12.4. The zero-order valence-electron chi connectivity index (χ0n) is 21.3. The third kappa shape index (κ3) is 6.45. The summed E-state index contributed by atoms with van der Waals surface area (Å²) in [4.78, 5) is 24.2. The van der Waals surface area contributed by atoms with E-state index >= 15 is 0 Å². The number of carbonyl (C=O) groups excluding carboxylic acids is 2. The highest BCUT2D eigenvalue weighted by Crippen LogP contribution is 2.47. The highest BCUT2D eigenvalue weighted by Gasteiger charge is 2.43. The Morgan fingerprint density at radius 2 is 1.85 bits per heavy atom. The second kappa shape index (κ2) is 12.3. The number of carbonyl (C=O) groups is 2.